The summed E-state index contributed by atoms with van der Waals surface area (Å²) in [6, 6.07) is 4.28. The van der Waals surface area contributed by atoms with Gasteiger partial charge in [-0.3, -0.25) is 0 Å². The molecule has 108 valence electrons. The van der Waals surface area contributed by atoms with Crippen LogP contribution in [0.2, 0.25) is 5.02 Å². The Labute approximate surface area is 126 Å². The van der Waals surface area contributed by atoms with Gasteiger partial charge in [0.25, 0.3) is 0 Å². The molecule has 0 radical (unpaired) electrons. The first kappa shape index (κ1) is 15.4. The van der Waals surface area contributed by atoms with Crippen molar-refractivity contribution in [2.75, 3.05) is 7.05 Å². The molecule has 8 heteroatoms. The highest BCUT2D eigenvalue weighted by atomic mass is 35.5. The van der Waals surface area contributed by atoms with Gasteiger partial charge in [-0.1, -0.05) is 11.6 Å². The van der Waals surface area contributed by atoms with Crippen molar-refractivity contribution in [2.24, 2.45) is 0 Å². The Balaban J connectivity index is 2.29. The maximum Gasteiger partial charge on any atom is 0.243 e. The van der Waals surface area contributed by atoms with Crippen molar-refractivity contribution in [3.05, 3.63) is 45.4 Å². The molecule has 1 aromatic carbocycles. The lowest BCUT2D eigenvalue weighted by molar-refractivity contribution is 0.281. The van der Waals surface area contributed by atoms with Gasteiger partial charge >= 0.3 is 0 Å². The summed E-state index contributed by atoms with van der Waals surface area (Å²) in [5.41, 5.74) is 2.73. The van der Waals surface area contributed by atoms with E-state index in [1.165, 1.54) is 40.9 Å². The smallest absolute Gasteiger partial charge is 0.243 e. The van der Waals surface area contributed by atoms with Crippen LogP contribution in [0.1, 0.15) is 11.3 Å². The minimum absolute atomic E-state index is 0.101. The molecule has 1 heterocycles. The number of halogens is 1. The van der Waals surface area contributed by atoms with E-state index in [0.29, 0.717) is 16.3 Å². The molecule has 0 aliphatic heterocycles. The van der Waals surface area contributed by atoms with Gasteiger partial charge in [0.1, 0.15) is 0 Å². The molecule has 20 heavy (non-hydrogen) atoms. The summed E-state index contributed by atoms with van der Waals surface area (Å²) in [7, 11) is -2.15. The number of thiazole rings is 1. The van der Waals surface area contributed by atoms with E-state index in [1.807, 2.05) is 0 Å². The molecule has 0 aliphatic carbocycles. The van der Waals surface area contributed by atoms with Gasteiger partial charge in [-0.05, 0) is 23.8 Å². The Morgan fingerprint density at radius 2 is 2.20 bits per heavy atom. The molecule has 1 aromatic heterocycles. The summed E-state index contributed by atoms with van der Waals surface area (Å²) in [5, 5.41) is 11.3. The van der Waals surface area contributed by atoms with Crippen molar-refractivity contribution in [1.29, 1.82) is 0 Å². The lowest BCUT2D eigenvalue weighted by Gasteiger charge is -2.16. The van der Waals surface area contributed by atoms with Crippen molar-refractivity contribution in [3.63, 3.8) is 0 Å². The monoisotopic (exact) mass is 332 g/mol. The normalized spacial score (nSPS) is 12.0. The second kappa shape index (κ2) is 6.19. The van der Waals surface area contributed by atoms with Gasteiger partial charge < -0.3 is 5.11 Å². The quantitative estimate of drug-likeness (QED) is 0.910. The minimum Gasteiger partial charge on any atom is -0.392 e. The van der Waals surface area contributed by atoms with Crippen LogP contribution in [0, 0.1) is 0 Å². The lowest BCUT2D eigenvalue weighted by atomic mass is 10.2. The van der Waals surface area contributed by atoms with Gasteiger partial charge in [0.2, 0.25) is 10.0 Å². The summed E-state index contributed by atoms with van der Waals surface area (Å²) < 4.78 is 26.0. The van der Waals surface area contributed by atoms with Crippen molar-refractivity contribution in [1.82, 2.24) is 9.29 Å². The third-order valence-electron chi connectivity index (χ3n) is 2.76. The van der Waals surface area contributed by atoms with E-state index in [-0.39, 0.29) is 18.0 Å². The van der Waals surface area contributed by atoms with E-state index in [4.69, 9.17) is 16.7 Å². The fourth-order valence-corrected chi connectivity index (χ4v) is 3.56. The molecule has 2 rings (SSSR count). The van der Waals surface area contributed by atoms with Crippen molar-refractivity contribution >= 4 is 33.0 Å². The Hall–Kier alpha value is -0.990. The molecule has 0 bridgehead atoms. The van der Waals surface area contributed by atoms with Crippen LogP contribution in [0.4, 0.5) is 0 Å². The molecular formula is C12H13ClN2O3S2. The van der Waals surface area contributed by atoms with E-state index >= 15 is 0 Å². The van der Waals surface area contributed by atoms with E-state index < -0.39 is 10.0 Å². The van der Waals surface area contributed by atoms with Crippen LogP contribution in [-0.4, -0.2) is 29.9 Å². The number of benzene rings is 1. The summed E-state index contributed by atoms with van der Waals surface area (Å²) >= 11 is 7.28. The molecule has 0 fully saturated rings. The predicted octanol–water partition coefficient (Wildman–Crippen LogP) is 2.11. The van der Waals surface area contributed by atoms with Crippen LogP contribution in [0.15, 0.2) is 34.0 Å². The van der Waals surface area contributed by atoms with Crippen LogP contribution in [0.3, 0.4) is 0 Å². The molecule has 0 saturated heterocycles. The Bertz CT molecular complexity index is 687. The van der Waals surface area contributed by atoms with Gasteiger partial charge in [-0.2, -0.15) is 4.31 Å². The number of rotatable bonds is 5. The van der Waals surface area contributed by atoms with Crippen LogP contribution in [-0.2, 0) is 23.2 Å². The molecule has 0 spiro atoms. The third kappa shape index (κ3) is 3.18. The topological polar surface area (TPSA) is 70.5 Å². The predicted molar refractivity (Wildman–Crippen MR) is 78.1 cm³/mol. The summed E-state index contributed by atoms with van der Waals surface area (Å²) in [5.74, 6) is 0. The Morgan fingerprint density at radius 1 is 1.45 bits per heavy atom. The standard InChI is InChI=1S/C12H13ClN2O3S2/c1-15(5-10-7-19-8-14-10)20(17,18)11-2-3-12(13)9(4-11)6-16/h2-4,7-8,16H,5-6H2,1H3. The fourth-order valence-electron chi connectivity index (χ4n) is 1.64. The fraction of sp³-hybridized carbons (Fsp3) is 0.250. The van der Waals surface area contributed by atoms with Crippen LogP contribution >= 0.6 is 22.9 Å². The van der Waals surface area contributed by atoms with Gasteiger partial charge in [-0.25, -0.2) is 13.4 Å². The zero-order valence-electron chi connectivity index (χ0n) is 10.7. The first-order chi connectivity index (χ1) is 9.45. The van der Waals surface area contributed by atoms with Gasteiger partial charge in [0, 0.05) is 17.5 Å². The zero-order chi connectivity index (χ0) is 14.8. The van der Waals surface area contributed by atoms with Crippen molar-refractivity contribution < 1.29 is 13.5 Å². The van der Waals surface area contributed by atoms with Crippen LogP contribution in [0.25, 0.3) is 0 Å². The summed E-state index contributed by atoms with van der Waals surface area (Å²) in [6.45, 7) is -0.110. The third-order valence-corrected chi connectivity index (χ3v) is 5.57. The maximum atomic E-state index is 12.4. The highest BCUT2D eigenvalue weighted by molar-refractivity contribution is 7.89. The average Bonchev–Trinajstić information content (AvgIpc) is 2.91. The van der Waals surface area contributed by atoms with Crippen molar-refractivity contribution in [3.8, 4) is 0 Å². The average molecular weight is 333 g/mol. The molecular weight excluding hydrogens is 320 g/mol. The summed E-state index contributed by atoms with van der Waals surface area (Å²) in [6.07, 6.45) is 0. The molecule has 1 N–H and O–H groups in total. The number of hydrogen-bond donors (Lipinski definition) is 1. The molecule has 2 aromatic rings. The molecule has 0 amide bonds. The van der Waals surface area contributed by atoms with E-state index in [0.717, 1.165) is 0 Å². The number of aliphatic hydroxyl groups excluding tert-OH is 1. The number of hydrogen-bond acceptors (Lipinski definition) is 5. The molecule has 0 saturated carbocycles. The molecule has 0 unspecified atom stereocenters. The lowest BCUT2D eigenvalue weighted by Crippen LogP contribution is -2.26. The number of sulfonamides is 1. The van der Waals surface area contributed by atoms with Crippen molar-refractivity contribution in [2.45, 2.75) is 18.0 Å². The van der Waals surface area contributed by atoms with Gasteiger partial charge in [0.15, 0.2) is 0 Å². The maximum absolute atomic E-state index is 12.4. The van der Waals surface area contributed by atoms with E-state index in [9.17, 15) is 8.42 Å². The highest BCUT2D eigenvalue weighted by Gasteiger charge is 2.22. The van der Waals surface area contributed by atoms with E-state index in [1.54, 1.807) is 10.9 Å². The summed E-state index contributed by atoms with van der Waals surface area (Å²) in [4.78, 5) is 4.16. The first-order valence-electron chi connectivity index (χ1n) is 5.68. The highest BCUT2D eigenvalue weighted by Crippen LogP contribution is 2.23. The number of nitrogens with zero attached hydrogens (tertiary/aromatic N) is 2. The second-order valence-corrected chi connectivity index (χ2v) is 7.32. The molecule has 0 aliphatic rings. The SMILES string of the molecule is CN(Cc1cscn1)S(=O)(=O)c1ccc(Cl)c(CO)c1. The second-order valence-electron chi connectivity index (χ2n) is 4.15. The zero-order valence-corrected chi connectivity index (χ0v) is 13.0. The Morgan fingerprint density at radius 3 is 2.80 bits per heavy atom. The van der Waals surface area contributed by atoms with Gasteiger partial charge in [0.05, 0.1) is 29.3 Å². The van der Waals surface area contributed by atoms with Crippen LogP contribution in [0.5, 0.6) is 0 Å². The minimum atomic E-state index is -3.64. The largest absolute Gasteiger partial charge is 0.392 e. The first-order valence-corrected chi connectivity index (χ1v) is 8.44. The van der Waals surface area contributed by atoms with Crippen LogP contribution < -0.4 is 0 Å². The molecule has 0 atom stereocenters. The number of aromatic nitrogens is 1. The van der Waals surface area contributed by atoms with Gasteiger partial charge in [-0.15, -0.1) is 11.3 Å². The molecule has 5 nitrogen and oxygen atoms in total. The Kier molecular flexibility index (Phi) is 4.77. The number of aliphatic hydroxyl groups is 1. The van der Waals surface area contributed by atoms with E-state index in [2.05, 4.69) is 4.98 Å².